The lowest BCUT2D eigenvalue weighted by Crippen LogP contribution is -2.49. The maximum atomic E-state index is 11.9. The van der Waals surface area contributed by atoms with Gasteiger partial charge in [0.05, 0.1) is 0 Å². The van der Waals surface area contributed by atoms with Gasteiger partial charge in [0.15, 0.2) is 0 Å². The first kappa shape index (κ1) is 13.1. The summed E-state index contributed by atoms with van der Waals surface area (Å²) in [6, 6.07) is 0. The highest BCUT2D eigenvalue weighted by atomic mass is 16.4. The summed E-state index contributed by atoms with van der Waals surface area (Å²) in [5, 5.41) is 19.1. The van der Waals surface area contributed by atoms with E-state index in [1.165, 1.54) is 15.9 Å². The second-order valence-electron chi connectivity index (χ2n) is 4.55. The molecule has 94 valence electrons. The molecule has 0 unspecified atom stereocenters. The summed E-state index contributed by atoms with van der Waals surface area (Å²) in [5.41, 5.74) is -0.566. The first-order chi connectivity index (χ1) is 7.80. The SMILES string of the molecule is CC(C)(C)N(CC(=O)O)C(=O)Cn1cnnn1. The van der Waals surface area contributed by atoms with Crippen LogP contribution < -0.4 is 0 Å². The number of hydrogen-bond acceptors (Lipinski definition) is 5. The van der Waals surface area contributed by atoms with E-state index in [9.17, 15) is 9.59 Å². The van der Waals surface area contributed by atoms with Crippen molar-refractivity contribution in [2.45, 2.75) is 32.9 Å². The van der Waals surface area contributed by atoms with Crippen LogP contribution in [0.1, 0.15) is 20.8 Å². The van der Waals surface area contributed by atoms with Crippen molar-refractivity contribution in [3.8, 4) is 0 Å². The second-order valence-corrected chi connectivity index (χ2v) is 4.55. The van der Waals surface area contributed by atoms with Gasteiger partial charge in [0, 0.05) is 5.54 Å². The summed E-state index contributed by atoms with van der Waals surface area (Å²) in [6.45, 7) is 4.90. The monoisotopic (exact) mass is 241 g/mol. The van der Waals surface area contributed by atoms with Gasteiger partial charge in [0.25, 0.3) is 0 Å². The third-order valence-electron chi connectivity index (χ3n) is 2.09. The van der Waals surface area contributed by atoms with Crippen molar-refractivity contribution in [3.05, 3.63) is 6.33 Å². The first-order valence-electron chi connectivity index (χ1n) is 5.04. The zero-order chi connectivity index (χ0) is 13.1. The summed E-state index contributed by atoms with van der Waals surface area (Å²) >= 11 is 0. The minimum absolute atomic E-state index is 0.0719. The smallest absolute Gasteiger partial charge is 0.323 e. The fourth-order valence-corrected chi connectivity index (χ4v) is 1.31. The van der Waals surface area contributed by atoms with Gasteiger partial charge in [0.1, 0.15) is 19.4 Å². The first-order valence-corrected chi connectivity index (χ1v) is 5.04. The van der Waals surface area contributed by atoms with E-state index >= 15 is 0 Å². The maximum absolute atomic E-state index is 11.9. The van der Waals surface area contributed by atoms with Gasteiger partial charge >= 0.3 is 5.97 Å². The van der Waals surface area contributed by atoms with Crippen LogP contribution in [0.2, 0.25) is 0 Å². The van der Waals surface area contributed by atoms with Crippen molar-refractivity contribution >= 4 is 11.9 Å². The number of amides is 1. The van der Waals surface area contributed by atoms with Crippen LogP contribution in [0, 0.1) is 0 Å². The summed E-state index contributed by atoms with van der Waals surface area (Å²) < 4.78 is 1.25. The lowest BCUT2D eigenvalue weighted by atomic mass is 10.1. The molecule has 1 N–H and O–H groups in total. The van der Waals surface area contributed by atoms with E-state index in [0.29, 0.717) is 0 Å². The van der Waals surface area contributed by atoms with Crippen molar-refractivity contribution in [1.29, 1.82) is 0 Å². The number of aromatic nitrogens is 4. The van der Waals surface area contributed by atoms with Gasteiger partial charge in [-0.05, 0) is 31.2 Å². The number of carbonyl (C=O) groups excluding carboxylic acids is 1. The predicted molar refractivity (Wildman–Crippen MR) is 56.9 cm³/mol. The molecule has 0 radical (unpaired) electrons. The lowest BCUT2D eigenvalue weighted by molar-refractivity contribution is -0.148. The Hall–Kier alpha value is -1.99. The standard InChI is InChI=1S/C9H15N5O3/c1-9(2,3)14(5-8(16)17)7(15)4-13-6-10-11-12-13/h6H,4-5H2,1-3H3,(H,16,17). The fraction of sp³-hybridized carbons (Fsp3) is 0.667. The molecule has 1 aromatic heterocycles. The average molecular weight is 241 g/mol. The molecule has 0 bridgehead atoms. The third-order valence-corrected chi connectivity index (χ3v) is 2.09. The summed E-state index contributed by atoms with van der Waals surface area (Å²) in [6.07, 6.45) is 1.31. The Balaban J connectivity index is 2.76. The van der Waals surface area contributed by atoms with Crippen molar-refractivity contribution in [1.82, 2.24) is 25.1 Å². The van der Waals surface area contributed by atoms with Gasteiger partial charge in [-0.25, -0.2) is 4.68 Å². The van der Waals surface area contributed by atoms with Crippen LogP contribution in [0.4, 0.5) is 0 Å². The van der Waals surface area contributed by atoms with E-state index in [0.717, 1.165) is 0 Å². The largest absolute Gasteiger partial charge is 0.480 e. The highest BCUT2D eigenvalue weighted by Gasteiger charge is 2.28. The number of hydrogen-bond donors (Lipinski definition) is 1. The molecule has 1 rings (SSSR count). The molecule has 0 atom stereocenters. The molecule has 1 heterocycles. The summed E-state index contributed by atoms with van der Waals surface area (Å²) in [4.78, 5) is 23.9. The highest BCUT2D eigenvalue weighted by molar-refractivity contribution is 5.81. The third kappa shape index (κ3) is 3.82. The molecule has 1 amide bonds. The van der Waals surface area contributed by atoms with E-state index in [4.69, 9.17) is 5.11 Å². The van der Waals surface area contributed by atoms with Crippen LogP contribution in [-0.4, -0.2) is 54.2 Å². The maximum Gasteiger partial charge on any atom is 0.323 e. The number of tetrazole rings is 1. The minimum Gasteiger partial charge on any atom is -0.480 e. The Morgan fingerprint density at radius 1 is 1.41 bits per heavy atom. The van der Waals surface area contributed by atoms with Crippen molar-refractivity contribution in [3.63, 3.8) is 0 Å². The van der Waals surface area contributed by atoms with E-state index in [2.05, 4.69) is 15.5 Å². The molecule has 0 spiro atoms. The van der Waals surface area contributed by atoms with Gasteiger partial charge in [-0.1, -0.05) is 0 Å². The number of rotatable bonds is 4. The van der Waals surface area contributed by atoms with E-state index in [1.54, 1.807) is 20.8 Å². The predicted octanol–water partition coefficient (Wildman–Crippen LogP) is -0.615. The molecule has 0 saturated carbocycles. The molecule has 1 aromatic rings. The van der Waals surface area contributed by atoms with Crippen LogP contribution >= 0.6 is 0 Å². The molecular weight excluding hydrogens is 226 g/mol. The number of aliphatic carboxylic acids is 1. The second kappa shape index (κ2) is 4.89. The fourth-order valence-electron chi connectivity index (χ4n) is 1.31. The quantitative estimate of drug-likeness (QED) is 0.754. The Bertz CT molecular complexity index is 395. The normalized spacial score (nSPS) is 11.2. The minimum atomic E-state index is -1.05. The highest BCUT2D eigenvalue weighted by Crippen LogP contribution is 2.13. The Morgan fingerprint density at radius 2 is 2.06 bits per heavy atom. The molecule has 0 saturated heterocycles. The van der Waals surface area contributed by atoms with Crippen LogP contribution in [0.25, 0.3) is 0 Å². The zero-order valence-corrected chi connectivity index (χ0v) is 9.99. The van der Waals surface area contributed by atoms with Crippen molar-refractivity contribution in [2.24, 2.45) is 0 Å². The molecular formula is C9H15N5O3. The van der Waals surface area contributed by atoms with Crippen molar-refractivity contribution < 1.29 is 14.7 Å². The Kier molecular flexibility index (Phi) is 3.77. The van der Waals surface area contributed by atoms with E-state index in [-0.39, 0.29) is 19.0 Å². The number of carboxylic acid groups (broad SMARTS) is 1. The van der Waals surface area contributed by atoms with Gasteiger partial charge in [-0.2, -0.15) is 0 Å². The molecule has 0 aliphatic heterocycles. The number of carboxylic acids is 1. The number of carbonyl (C=O) groups is 2. The molecule has 17 heavy (non-hydrogen) atoms. The molecule has 8 heteroatoms. The van der Waals surface area contributed by atoms with Gasteiger partial charge in [-0.3, -0.25) is 9.59 Å². The van der Waals surface area contributed by atoms with Crippen LogP contribution in [-0.2, 0) is 16.1 Å². The van der Waals surface area contributed by atoms with Gasteiger partial charge in [0.2, 0.25) is 5.91 Å². The molecule has 8 nitrogen and oxygen atoms in total. The molecule has 0 aromatic carbocycles. The van der Waals surface area contributed by atoms with Crippen LogP contribution in [0.3, 0.4) is 0 Å². The summed E-state index contributed by atoms with van der Waals surface area (Å²) in [7, 11) is 0. The molecule has 0 aliphatic rings. The lowest BCUT2D eigenvalue weighted by Gasteiger charge is -2.34. The zero-order valence-electron chi connectivity index (χ0n) is 9.99. The number of nitrogens with zero attached hydrogens (tertiary/aromatic N) is 5. The van der Waals surface area contributed by atoms with Crippen LogP contribution in [0.5, 0.6) is 0 Å². The topological polar surface area (TPSA) is 101 Å². The van der Waals surface area contributed by atoms with Gasteiger partial charge in [-0.15, -0.1) is 5.10 Å². The van der Waals surface area contributed by atoms with E-state index in [1.807, 2.05) is 0 Å². The summed E-state index contributed by atoms with van der Waals surface area (Å²) in [5.74, 6) is -1.39. The van der Waals surface area contributed by atoms with E-state index < -0.39 is 11.5 Å². The Labute approximate surface area is 98.2 Å². The van der Waals surface area contributed by atoms with Crippen molar-refractivity contribution in [2.75, 3.05) is 6.54 Å². The molecule has 0 aliphatic carbocycles. The average Bonchev–Trinajstić information content (AvgIpc) is 2.64. The Morgan fingerprint density at radius 3 is 2.47 bits per heavy atom. The van der Waals surface area contributed by atoms with Crippen LogP contribution in [0.15, 0.2) is 6.33 Å². The van der Waals surface area contributed by atoms with Gasteiger partial charge < -0.3 is 10.0 Å². The molecule has 0 fully saturated rings.